The number of fused-ring (bicyclic) bond motifs is 1. The Balaban J connectivity index is 1.48. The molecule has 2 N–H and O–H groups in total. The second-order valence-electron chi connectivity index (χ2n) is 5.27. The van der Waals surface area contributed by atoms with E-state index in [0.29, 0.717) is 0 Å². The number of hydrogen-bond acceptors (Lipinski definition) is 3. The van der Waals surface area contributed by atoms with Gasteiger partial charge in [0.15, 0.2) is 0 Å². The van der Waals surface area contributed by atoms with Gasteiger partial charge >= 0.3 is 6.09 Å². The van der Waals surface area contributed by atoms with Gasteiger partial charge in [-0.1, -0.05) is 42.2 Å². The molecule has 5 heteroatoms. The van der Waals surface area contributed by atoms with E-state index < -0.39 is 6.09 Å². The Bertz CT molecular complexity index is 905. The van der Waals surface area contributed by atoms with E-state index in [-0.39, 0.29) is 13.2 Å². The fourth-order valence-electron chi connectivity index (χ4n) is 2.25. The Hall–Kier alpha value is -3.26. The highest BCUT2D eigenvalue weighted by molar-refractivity contribution is 5.76. The average molecular weight is 319 g/mol. The number of ether oxygens (including phenoxy) is 1. The van der Waals surface area contributed by atoms with E-state index in [4.69, 9.17) is 4.74 Å². The van der Waals surface area contributed by atoms with Crippen molar-refractivity contribution in [1.82, 2.24) is 15.3 Å². The largest absolute Gasteiger partial charge is 0.445 e. The number of alkyl carbamates (subject to hydrolysis) is 1. The van der Waals surface area contributed by atoms with Gasteiger partial charge in [-0.3, -0.25) is 0 Å². The van der Waals surface area contributed by atoms with Crippen LogP contribution in [0.1, 0.15) is 17.0 Å². The summed E-state index contributed by atoms with van der Waals surface area (Å²) in [6.07, 6.45) is -0.479. The molecule has 0 atom stereocenters. The number of benzene rings is 2. The first kappa shape index (κ1) is 15.6. The fraction of sp³-hybridized carbons (Fsp3) is 0.158. The van der Waals surface area contributed by atoms with Gasteiger partial charge in [-0.15, -0.1) is 0 Å². The van der Waals surface area contributed by atoms with Gasteiger partial charge in [-0.2, -0.15) is 0 Å². The number of aromatic amines is 1. The van der Waals surface area contributed by atoms with Crippen LogP contribution in [0.2, 0.25) is 0 Å². The molecule has 0 saturated heterocycles. The Kier molecular flexibility index (Phi) is 4.78. The van der Waals surface area contributed by atoms with E-state index in [9.17, 15) is 4.79 Å². The van der Waals surface area contributed by atoms with Gasteiger partial charge in [-0.25, -0.2) is 9.78 Å². The van der Waals surface area contributed by atoms with Crippen molar-refractivity contribution < 1.29 is 9.53 Å². The summed E-state index contributed by atoms with van der Waals surface area (Å²) in [7, 11) is 0. The van der Waals surface area contributed by atoms with Crippen LogP contribution in [0.25, 0.3) is 11.0 Å². The lowest BCUT2D eigenvalue weighted by Gasteiger charge is -2.04. The summed E-state index contributed by atoms with van der Waals surface area (Å²) in [4.78, 5) is 19.1. The summed E-state index contributed by atoms with van der Waals surface area (Å²) < 4.78 is 5.11. The van der Waals surface area contributed by atoms with Crippen molar-refractivity contribution in [2.75, 3.05) is 6.54 Å². The highest BCUT2D eigenvalue weighted by Gasteiger charge is 2.01. The number of amides is 1. The van der Waals surface area contributed by atoms with Crippen LogP contribution in [-0.2, 0) is 11.3 Å². The molecular weight excluding hydrogens is 302 g/mol. The lowest BCUT2D eigenvalue weighted by Crippen LogP contribution is -2.24. The Morgan fingerprint density at radius 3 is 2.92 bits per heavy atom. The van der Waals surface area contributed by atoms with Crippen molar-refractivity contribution in [3.63, 3.8) is 0 Å². The smallest absolute Gasteiger partial charge is 0.408 e. The topological polar surface area (TPSA) is 67.0 Å². The zero-order valence-corrected chi connectivity index (χ0v) is 13.3. The quantitative estimate of drug-likeness (QED) is 0.729. The molecule has 0 spiro atoms. The molecule has 0 aliphatic rings. The summed E-state index contributed by atoms with van der Waals surface area (Å²) in [5, 5.41) is 2.61. The van der Waals surface area contributed by atoms with Crippen LogP contribution in [0.15, 0.2) is 48.5 Å². The summed E-state index contributed by atoms with van der Waals surface area (Å²) in [6, 6.07) is 15.3. The van der Waals surface area contributed by atoms with Gasteiger partial charge in [-0.05, 0) is 30.7 Å². The maximum atomic E-state index is 11.6. The number of carbonyl (C=O) groups excluding carboxylic acids is 1. The molecule has 3 aromatic rings. The predicted molar refractivity (Wildman–Crippen MR) is 92.3 cm³/mol. The molecule has 1 aromatic heterocycles. The van der Waals surface area contributed by atoms with E-state index in [1.165, 1.54) is 0 Å². The maximum Gasteiger partial charge on any atom is 0.408 e. The van der Waals surface area contributed by atoms with Crippen LogP contribution in [0.5, 0.6) is 0 Å². The molecular formula is C19H17N3O2. The van der Waals surface area contributed by atoms with Gasteiger partial charge in [0.2, 0.25) is 0 Å². The van der Waals surface area contributed by atoms with Gasteiger partial charge in [0.05, 0.1) is 17.6 Å². The summed E-state index contributed by atoms with van der Waals surface area (Å²) >= 11 is 0. The van der Waals surface area contributed by atoms with E-state index in [0.717, 1.165) is 28.0 Å². The van der Waals surface area contributed by atoms with Gasteiger partial charge in [0.25, 0.3) is 0 Å². The minimum Gasteiger partial charge on any atom is -0.445 e. The van der Waals surface area contributed by atoms with Crippen molar-refractivity contribution >= 4 is 17.1 Å². The minimum absolute atomic E-state index is 0.230. The fourth-order valence-corrected chi connectivity index (χ4v) is 2.25. The summed E-state index contributed by atoms with van der Waals surface area (Å²) in [6.45, 7) is 2.39. The molecule has 0 bridgehead atoms. The number of rotatable bonds is 3. The zero-order valence-electron chi connectivity index (χ0n) is 13.3. The number of nitrogens with one attached hydrogen (secondary N) is 2. The van der Waals surface area contributed by atoms with Gasteiger partial charge in [0.1, 0.15) is 12.4 Å². The Morgan fingerprint density at radius 2 is 2.08 bits per heavy atom. The first-order chi connectivity index (χ1) is 11.7. The van der Waals surface area contributed by atoms with Crippen molar-refractivity contribution in [2.45, 2.75) is 13.5 Å². The van der Waals surface area contributed by atoms with E-state index in [1.807, 2.05) is 55.5 Å². The van der Waals surface area contributed by atoms with Crippen molar-refractivity contribution in [2.24, 2.45) is 0 Å². The van der Waals surface area contributed by atoms with Crippen LogP contribution in [0.3, 0.4) is 0 Å². The standard InChI is InChI=1S/C19H17N3O2/c1-14-21-17-10-9-15(12-18(17)22-14)8-5-11-20-19(23)24-13-16-6-3-2-4-7-16/h2-4,6-7,9-10,12H,11,13H2,1H3,(H,20,23)(H,21,22). The number of H-pyrrole nitrogens is 1. The molecule has 0 radical (unpaired) electrons. The second kappa shape index (κ2) is 7.34. The average Bonchev–Trinajstić information content (AvgIpc) is 2.97. The number of imidazole rings is 1. The third-order valence-corrected chi connectivity index (χ3v) is 3.37. The van der Waals surface area contributed by atoms with Gasteiger partial charge < -0.3 is 15.0 Å². The maximum absolute atomic E-state index is 11.6. The van der Waals surface area contributed by atoms with Crippen LogP contribution in [0.4, 0.5) is 4.79 Å². The molecule has 120 valence electrons. The molecule has 5 nitrogen and oxygen atoms in total. The Morgan fingerprint density at radius 1 is 1.25 bits per heavy atom. The molecule has 24 heavy (non-hydrogen) atoms. The molecule has 0 aliphatic carbocycles. The third-order valence-electron chi connectivity index (χ3n) is 3.37. The highest BCUT2D eigenvalue weighted by atomic mass is 16.5. The molecule has 3 rings (SSSR count). The first-order valence-corrected chi connectivity index (χ1v) is 7.60. The summed E-state index contributed by atoms with van der Waals surface area (Å²) in [5.41, 5.74) is 3.68. The number of nitrogens with zero attached hydrogens (tertiary/aromatic N) is 1. The minimum atomic E-state index is -0.479. The molecule has 2 aromatic carbocycles. The van der Waals surface area contributed by atoms with E-state index in [1.54, 1.807) is 0 Å². The van der Waals surface area contributed by atoms with Crippen LogP contribution < -0.4 is 5.32 Å². The number of hydrogen-bond donors (Lipinski definition) is 2. The lowest BCUT2D eigenvalue weighted by molar-refractivity contribution is 0.141. The SMILES string of the molecule is Cc1nc2ccc(C#CCNC(=O)OCc3ccccc3)cc2[nH]1. The monoisotopic (exact) mass is 319 g/mol. The number of carbonyl (C=O) groups is 1. The summed E-state index contributed by atoms with van der Waals surface area (Å²) in [5.74, 6) is 6.79. The zero-order chi connectivity index (χ0) is 16.8. The lowest BCUT2D eigenvalue weighted by atomic mass is 10.2. The van der Waals surface area contributed by atoms with Crippen LogP contribution in [-0.4, -0.2) is 22.6 Å². The normalized spacial score (nSPS) is 10.0. The second-order valence-corrected chi connectivity index (χ2v) is 5.27. The van der Waals surface area contributed by atoms with Crippen LogP contribution >= 0.6 is 0 Å². The third kappa shape index (κ3) is 4.14. The van der Waals surface area contributed by atoms with Crippen molar-refractivity contribution in [1.29, 1.82) is 0 Å². The van der Waals surface area contributed by atoms with Crippen molar-refractivity contribution in [3.05, 3.63) is 65.5 Å². The number of aryl methyl sites for hydroxylation is 1. The molecule has 1 amide bonds. The molecule has 0 saturated carbocycles. The Labute approximate surface area is 140 Å². The van der Waals surface area contributed by atoms with Crippen LogP contribution in [0, 0.1) is 18.8 Å². The molecule has 0 fully saturated rings. The molecule has 1 heterocycles. The number of aromatic nitrogens is 2. The highest BCUT2D eigenvalue weighted by Crippen LogP contribution is 2.12. The molecule has 0 unspecified atom stereocenters. The first-order valence-electron chi connectivity index (χ1n) is 7.60. The van der Waals surface area contributed by atoms with Crippen molar-refractivity contribution in [3.8, 4) is 11.8 Å². The van der Waals surface area contributed by atoms with E-state index in [2.05, 4.69) is 27.1 Å². The van der Waals surface area contributed by atoms with Gasteiger partial charge in [0, 0.05) is 5.56 Å². The predicted octanol–water partition coefficient (Wildman–Crippen LogP) is 3.15. The molecule has 0 aliphatic heterocycles. The van der Waals surface area contributed by atoms with E-state index >= 15 is 0 Å².